The lowest BCUT2D eigenvalue weighted by Gasteiger charge is -2.14. The molecule has 1 heterocycles. The van der Waals surface area contributed by atoms with Crippen LogP contribution in [0.4, 0.5) is 18.9 Å². The molecule has 0 aliphatic carbocycles. The van der Waals surface area contributed by atoms with Crippen LogP contribution in [0.15, 0.2) is 30.3 Å². The summed E-state index contributed by atoms with van der Waals surface area (Å²) < 4.78 is 53.4. The fourth-order valence-corrected chi connectivity index (χ4v) is 2.27. The molecule has 0 radical (unpaired) electrons. The lowest BCUT2D eigenvalue weighted by Crippen LogP contribution is -2.26. The number of benzene rings is 1. The second-order valence-electron chi connectivity index (χ2n) is 5.49. The number of nitrogens with zero attached hydrogens (tertiary/aromatic N) is 2. The molecule has 0 saturated carbocycles. The first-order valence-corrected chi connectivity index (χ1v) is 8.44. The molecule has 0 fully saturated rings. The Balaban J connectivity index is 2.31. The SMILES string of the molecule is CCOC(=O)C(C)Oc1nc(Oc2ccc(C(F)(F)F)cc2Cl)ccc1[N+](=O)[O-]. The zero-order chi connectivity index (χ0) is 21.8. The Kier molecular flexibility index (Phi) is 6.85. The van der Waals surface area contributed by atoms with Crippen LogP contribution in [-0.2, 0) is 15.7 Å². The molecular weight excluding hydrogens is 421 g/mol. The third-order valence-electron chi connectivity index (χ3n) is 3.39. The Morgan fingerprint density at radius 1 is 1.31 bits per heavy atom. The Morgan fingerprint density at radius 2 is 2.00 bits per heavy atom. The van der Waals surface area contributed by atoms with E-state index in [1.54, 1.807) is 6.92 Å². The summed E-state index contributed by atoms with van der Waals surface area (Å²) in [4.78, 5) is 25.9. The summed E-state index contributed by atoms with van der Waals surface area (Å²) in [7, 11) is 0. The van der Waals surface area contributed by atoms with Gasteiger partial charge in [0.1, 0.15) is 5.75 Å². The number of alkyl halides is 3. The molecule has 29 heavy (non-hydrogen) atoms. The minimum Gasteiger partial charge on any atom is -0.463 e. The third-order valence-corrected chi connectivity index (χ3v) is 3.69. The number of carbonyl (C=O) groups is 1. The largest absolute Gasteiger partial charge is 0.463 e. The number of carbonyl (C=O) groups excluding carboxylic acids is 1. The lowest BCUT2D eigenvalue weighted by molar-refractivity contribution is -0.386. The number of aromatic nitrogens is 1. The predicted molar refractivity (Wildman–Crippen MR) is 94.1 cm³/mol. The summed E-state index contributed by atoms with van der Waals surface area (Å²) in [6.45, 7) is 2.97. The van der Waals surface area contributed by atoms with Crippen LogP contribution in [0.3, 0.4) is 0 Å². The van der Waals surface area contributed by atoms with Crippen molar-refractivity contribution in [2.24, 2.45) is 0 Å². The molecule has 0 spiro atoms. The van der Waals surface area contributed by atoms with Crippen molar-refractivity contribution in [2.75, 3.05) is 6.61 Å². The van der Waals surface area contributed by atoms with Gasteiger partial charge in [-0.25, -0.2) is 4.79 Å². The van der Waals surface area contributed by atoms with Gasteiger partial charge in [0.05, 0.1) is 22.1 Å². The van der Waals surface area contributed by atoms with Crippen LogP contribution >= 0.6 is 11.6 Å². The molecule has 1 aromatic heterocycles. The van der Waals surface area contributed by atoms with E-state index in [1.807, 2.05) is 0 Å². The standard InChI is InChI=1S/C17H14ClF3N2O6/c1-3-27-16(24)9(2)28-15-12(23(25)26)5-7-14(22-15)29-13-6-4-10(8-11(13)18)17(19,20)21/h4-9H,3H2,1-2H3. The van der Waals surface area contributed by atoms with Crippen molar-refractivity contribution in [2.45, 2.75) is 26.1 Å². The van der Waals surface area contributed by atoms with E-state index in [9.17, 15) is 28.1 Å². The van der Waals surface area contributed by atoms with E-state index < -0.39 is 40.3 Å². The number of nitro groups is 1. The molecular formula is C17H14ClF3N2O6. The summed E-state index contributed by atoms with van der Waals surface area (Å²) >= 11 is 5.81. The van der Waals surface area contributed by atoms with E-state index in [-0.39, 0.29) is 23.3 Å². The van der Waals surface area contributed by atoms with Gasteiger partial charge in [0.15, 0.2) is 6.10 Å². The van der Waals surface area contributed by atoms with Crippen LogP contribution < -0.4 is 9.47 Å². The molecule has 1 aromatic carbocycles. The molecule has 0 saturated heterocycles. The van der Waals surface area contributed by atoms with Gasteiger partial charge in [-0.3, -0.25) is 10.1 Å². The van der Waals surface area contributed by atoms with Crippen molar-refractivity contribution in [3.8, 4) is 17.5 Å². The van der Waals surface area contributed by atoms with Crippen LogP contribution in [0.2, 0.25) is 5.02 Å². The number of hydrogen-bond donors (Lipinski definition) is 0. The Bertz CT molecular complexity index is 923. The number of esters is 1. The molecule has 2 rings (SSSR count). The van der Waals surface area contributed by atoms with Crippen molar-refractivity contribution in [1.82, 2.24) is 4.98 Å². The monoisotopic (exact) mass is 434 g/mol. The zero-order valence-electron chi connectivity index (χ0n) is 15.0. The number of pyridine rings is 1. The molecule has 8 nitrogen and oxygen atoms in total. The van der Waals surface area contributed by atoms with Gasteiger partial charge < -0.3 is 14.2 Å². The quantitative estimate of drug-likeness (QED) is 0.351. The van der Waals surface area contributed by atoms with Crippen molar-refractivity contribution in [3.63, 3.8) is 0 Å². The van der Waals surface area contributed by atoms with E-state index in [2.05, 4.69) is 4.98 Å². The van der Waals surface area contributed by atoms with E-state index in [1.165, 1.54) is 6.92 Å². The predicted octanol–water partition coefficient (Wildman–Crippen LogP) is 4.78. The lowest BCUT2D eigenvalue weighted by atomic mass is 10.2. The maximum absolute atomic E-state index is 12.7. The molecule has 1 unspecified atom stereocenters. The smallest absolute Gasteiger partial charge is 0.416 e. The van der Waals surface area contributed by atoms with E-state index >= 15 is 0 Å². The highest BCUT2D eigenvalue weighted by atomic mass is 35.5. The van der Waals surface area contributed by atoms with Crippen LogP contribution in [0, 0.1) is 10.1 Å². The summed E-state index contributed by atoms with van der Waals surface area (Å²) in [6.07, 6.45) is -5.79. The topological polar surface area (TPSA) is 101 Å². The molecule has 156 valence electrons. The molecule has 2 aromatic rings. The summed E-state index contributed by atoms with van der Waals surface area (Å²) in [5.74, 6) is -1.70. The first kappa shape index (κ1) is 22.2. The van der Waals surface area contributed by atoms with Gasteiger partial charge in [-0.1, -0.05) is 11.6 Å². The highest BCUT2D eigenvalue weighted by molar-refractivity contribution is 6.32. The van der Waals surface area contributed by atoms with Gasteiger partial charge in [-0.05, 0) is 32.0 Å². The minimum atomic E-state index is -4.59. The molecule has 12 heteroatoms. The van der Waals surface area contributed by atoms with Crippen molar-refractivity contribution in [1.29, 1.82) is 0 Å². The molecule has 1 atom stereocenters. The van der Waals surface area contributed by atoms with Gasteiger partial charge in [0.2, 0.25) is 5.88 Å². The molecule has 0 amide bonds. The molecule has 0 aliphatic rings. The van der Waals surface area contributed by atoms with Gasteiger partial charge >= 0.3 is 17.8 Å². The van der Waals surface area contributed by atoms with Gasteiger partial charge in [0, 0.05) is 12.1 Å². The fourth-order valence-electron chi connectivity index (χ4n) is 2.05. The highest BCUT2D eigenvalue weighted by Crippen LogP contribution is 2.37. The van der Waals surface area contributed by atoms with Crippen molar-refractivity contribution in [3.05, 3.63) is 51.0 Å². The van der Waals surface area contributed by atoms with Crippen LogP contribution in [0.1, 0.15) is 19.4 Å². The van der Waals surface area contributed by atoms with Gasteiger partial charge in [-0.15, -0.1) is 0 Å². The number of halogens is 4. The molecule has 0 bridgehead atoms. The fraction of sp³-hybridized carbons (Fsp3) is 0.294. The Hall–Kier alpha value is -3.08. The van der Waals surface area contributed by atoms with E-state index in [0.29, 0.717) is 6.07 Å². The van der Waals surface area contributed by atoms with E-state index in [4.69, 9.17) is 25.8 Å². The molecule has 0 aliphatic heterocycles. The maximum atomic E-state index is 12.7. The maximum Gasteiger partial charge on any atom is 0.416 e. The summed E-state index contributed by atoms with van der Waals surface area (Å²) in [5, 5.41) is 10.8. The van der Waals surface area contributed by atoms with Crippen LogP contribution in [-0.4, -0.2) is 28.6 Å². The number of ether oxygens (including phenoxy) is 3. The second-order valence-corrected chi connectivity index (χ2v) is 5.90. The van der Waals surface area contributed by atoms with Gasteiger partial charge in [-0.2, -0.15) is 18.2 Å². The Morgan fingerprint density at radius 3 is 2.55 bits per heavy atom. The average Bonchev–Trinajstić information content (AvgIpc) is 2.62. The van der Waals surface area contributed by atoms with Crippen LogP contribution in [0.5, 0.6) is 17.5 Å². The second kappa shape index (κ2) is 8.95. The Labute approximate surface area is 167 Å². The van der Waals surface area contributed by atoms with Crippen molar-refractivity contribution >= 4 is 23.3 Å². The summed E-state index contributed by atoms with van der Waals surface area (Å²) in [6, 6.07) is 4.52. The number of rotatable bonds is 7. The summed E-state index contributed by atoms with van der Waals surface area (Å²) in [5.41, 5.74) is -1.52. The first-order valence-electron chi connectivity index (χ1n) is 8.06. The van der Waals surface area contributed by atoms with Crippen molar-refractivity contribution < 1.29 is 37.1 Å². The number of hydrogen-bond acceptors (Lipinski definition) is 7. The first-order chi connectivity index (χ1) is 13.5. The normalized spacial score (nSPS) is 12.2. The van der Waals surface area contributed by atoms with Crippen LogP contribution in [0.25, 0.3) is 0 Å². The average molecular weight is 435 g/mol. The highest BCUT2D eigenvalue weighted by Gasteiger charge is 2.31. The van der Waals surface area contributed by atoms with E-state index in [0.717, 1.165) is 24.3 Å². The minimum absolute atomic E-state index is 0.0810. The molecule has 0 N–H and O–H groups in total. The third kappa shape index (κ3) is 5.70. The van der Waals surface area contributed by atoms with Gasteiger partial charge in [0.25, 0.3) is 5.88 Å². The zero-order valence-corrected chi connectivity index (χ0v) is 15.8.